The van der Waals surface area contributed by atoms with Crippen molar-refractivity contribution in [3.8, 4) is 0 Å². The summed E-state index contributed by atoms with van der Waals surface area (Å²) in [6.07, 6.45) is 3.34. The van der Waals surface area contributed by atoms with Gasteiger partial charge in [-0.25, -0.2) is 0 Å². The van der Waals surface area contributed by atoms with Gasteiger partial charge in [0.15, 0.2) is 5.43 Å². The fourth-order valence-corrected chi connectivity index (χ4v) is 1.68. The van der Waals surface area contributed by atoms with Crippen LogP contribution in [0.2, 0.25) is 0 Å². The van der Waals surface area contributed by atoms with Crippen LogP contribution >= 0.6 is 0 Å². The molecule has 0 unspecified atom stereocenters. The number of benzene rings is 1. The summed E-state index contributed by atoms with van der Waals surface area (Å²) in [7, 11) is -1.48. The van der Waals surface area contributed by atoms with Crippen LogP contribution in [0.4, 0.5) is 0 Å². The monoisotopic (exact) mass is 229 g/mol. The zero-order valence-corrected chi connectivity index (χ0v) is 9.15. The highest BCUT2D eigenvalue weighted by Crippen LogP contribution is 2.00. The average Bonchev–Trinajstić information content (AvgIpc) is 2.32. The summed E-state index contributed by atoms with van der Waals surface area (Å²) in [5.74, 6) is 0. The van der Waals surface area contributed by atoms with Crippen LogP contribution in [0.5, 0.6) is 0 Å². The molecule has 17 heavy (non-hydrogen) atoms. The van der Waals surface area contributed by atoms with E-state index in [-0.39, 0.29) is 5.43 Å². The molecule has 0 saturated carbocycles. The van der Waals surface area contributed by atoms with E-state index in [4.69, 9.17) is 0 Å². The Hall–Kier alpha value is -1.85. The van der Waals surface area contributed by atoms with Gasteiger partial charge in [0.2, 0.25) is 0 Å². The zero-order valence-electron chi connectivity index (χ0n) is 9.15. The molecule has 0 saturated heterocycles. The molecule has 86 valence electrons. The summed E-state index contributed by atoms with van der Waals surface area (Å²) >= 11 is 0. The van der Waals surface area contributed by atoms with Crippen LogP contribution in [0.3, 0.4) is 0 Å². The van der Waals surface area contributed by atoms with Crippen molar-refractivity contribution in [1.82, 2.24) is 4.57 Å². The van der Waals surface area contributed by atoms with E-state index in [2.05, 4.69) is 0 Å². The summed E-state index contributed by atoms with van der Waals surface area (Å²) in [6.45, 7) is 0.494. The first-order valence-electron chi connectivity index (χ1n) is 5.27. The van der Waals surface area contributed by atoms with Crippen molar-refractivity contribution >= 4 is 12.6 Å². The van der Waals surface area contributed by atoms with E-state index >= 15 is 0 Å². The van der Waals surface area contributed by atoms with Crippen LogP contribution in [0.15, 0.2) is 53.6 Å². The quantitative estimate of drug-likeness (QED) is 0.702. The number of pyridine rings is 1. The fourth-order valence-electron chi connectivity index (χ4n) is 1.68. The number of rotatable bonds is 3. The smallest absolute Gasteiger partial charge is 0.423 e. The molecule has 0 fully saturated rings. The van der Waals surface area contributed by atoms with E-state index in [0.717, 1.165) is 5.56 Å². The molecule has 0 amide bonds. The number of aromatic nitrogens is 1. The van der Waals surface area contributed by atoms with Gasteiger partial charge in [-0.05, 0) is 11.0 Å². The minimum atomic E-state index is -1.48. The Kier molecular flexibility index (Phi) is 3.42. The van der Waals surface area contributed by atoms with Gasteiger partial charge < -0.3 is 14.6 Å². The van der Waals surface area contributed by atoms with Gasteiger partial charge in [0.25, 0.3) is 0 Å². The maximum absolute atomic E-state index is 11.0. The Morgan fingerprint density at radius 1 is 1.06 bits per heavy atom. The Morgan fingerprint density at radius 3 is 2.35 bits per heavy atom. The summed E-state index contributed by atoms with van der Waals surface area (Å²) in [4.78, 5) is 11.0. The van der Waals surface area contributed by atoms with Crippen LogP contribution in [0.1, 0.15) is 5.56 Å². The van der Waals surface area contributed by atoms with E-state index < -0.39 is 7.12 Å². The van der Waals surface area contributed by atoms with Gasteiger partial charge in [0.1, 0.15) is 0 Å². The molecule has 2 rings (SSSR count). The fraction of sp³-hybridized carbons (Fsp3) is 0.0833. The summed E-state index contributed by atoms with van der Waals surface area (Å²) in [6, 6.07) is 10.0. The lowest BCUT2D eigenvalue weighted by molar-refractivity contribution is 0.425. The van der Waals surface area contributed by atoms with Gasteiger partial charge in [0, 0.05) is 31.1 Å². The largest absolute Gasteiger partial charge is 0.488 e. The van der Waals surface area contributed by atoms with Crippen LogP contribution in [-0.4, -0.2) is 21.7 Å². The Balaban J connectivity index is 2.29. The lowest BCUT2D eigenvalue weighted by Crippen LogP contribution is -2.33. The molecular weight excluding hydrogens is 217 g/mol. The van der Waals surface area contributed by atoms with Crippen molar-refractivity contribution in [3.05, 3.63) is 64.6 Å². The maximum Gasteiger partial charge on any atom is 0.488 e. The SMILES string of the molecule is O=c1ccn(Cc2ccccc2B(O)O)cc1. The van der Waals surface area contributed by atoms with Gasteiger partial charge in [0.05, 0.1) is 0 Å². The van der Waals surface area contributed by atoms with E-state index in [9.17, 15) is 14.8 Å². The van der Waals surface area contributed by atoms with Gasteiger partial charge in [-0.15, -0.1) is 0 Å². The third kappa shape index (κ3) is 2.84. The molecule has 0 spiro atoms. The first-order valence-corrected chi connectivity index (χ1v) is 5.27. The van der Waals surface area contributed by atoms with Crippen molar-refractivity contribution in [3.63, 3.8) is 0 Å². The second kappa shape index (κ2) is 4.99. The van der Waals surface area contributed by atoms with Crippen molar-refractivity contribution in [2.75, 3.05) is 0 Å². The standard InChI is InChI=1S/C12H12BNO3/c15-11-5-7-14(8-6-11)9-10-3-1-2-4-12(10)13(16)17/h1-8,16-17H,9H2. The second-order valence-corrected chi connectivity index (χ2v) is 3.78. The Morgan fingerprint density at radius 2 is 1.71 bits per heavy atom. The van der Waals surface area contributed by atoms with Crippen molar-refractivity contribution in [1.29, 1.82) is 0 Å². The van der Waals surface area contributed by atoms with E-state index in [1.165, 1.54) is 12.1 Å². The molecule has 2 N–H and O–H groups in total. The normalized spacial score (nSPS) is 10.2. The van der Waals surface area contributed by atoms with Crippen LogP contribution in [0, 0.1) is 0 Å². The molecule has 0 atom stereocenters. The molecule has 0 aliphatic carbocycles. The molecule has 0 bridgehead atoms. The Labute approximate surface area is 98.9 Å². The molecule has 1 aromatic carbocycles. The van der Waals surface area contributed by atoms with E-state index in [0.29, 0.717) is 12.0 Å². The molecule has 1 aromatic heterocycles. The molecule has 5 heteroatoms. The first kappa shape index (κ1) is 11.6. The van der Waals surface area contributed by atoms with Gasteiger partial charge in [-0.3, -0.25) is 4.79 Å². The van der Waals surface area contributed by atoms with E-state index in [1.54, 1.807) is 24.5 Å². The summed E-state index contributed by atoms with van der Waals surface area (Å²) in [5, 5.41) is 18.4. The summed E-state index contributed by atoms with van der Waals surface area (Å²) in [5.41, 5.74) is 1.24. The number of hydrogen-bond donors (Lipinski definition) is 2. The number of hydrogen-bond acceptors (Lipinski definition) is 3. The minimum absolute atomic E-state index is 0.0447. The van der Waals surface area contributed by atoms with Crippen LogP contribution < -0.4 is 10.9 Å². The molecule has 0 radical (unpaired) electrons. The van der Waals surface area contributed by atoms with E-state index in [1.807, 2.05) is 16.7 Å². The molecule has 0 aliphatic rings. The first-order chi connectivity index (χ1) is 8.16. The average molecular weight is 229 g/mol. The molecular formula is C12H12BNO3. The highest BCUT2D eigenvalue weighted by atomic mass is 16.4. The molecule has 1 heterocycles. The lowest BCUT2D eigenvalue weighted by Gasteiger charge is -2.10. The molecule has 2 aromatic rings. The molecule has 0 aliphatic heterocycles. The van der Waals surface area contributed by atoms with Crippen molar-refractivity contribution in [2.24, 2.45) is 0 Å². The minimum Gasteiger partial charge on any atom is -0.423 e. The third-order valence-electron chi connectivity index (χ3n) is 2.55. The highest BCUT2D eigenvalue weighted by molar-refractivity contribution is 6.59. The molecule has 4 nitrogen and oxygen atoms in total. The summed E-state index contributed by atoms with van der Waals surface area (Å²) < 4.78 is 1.81. The van der Waals surface area contributed by atoms with Crippen LogP contribution in [0.25, 0.3) is 0 Å². The topological polar surface area (TPSA) is 62.5 Å². The van der Waals surface area contributed by atoms with Gasteiger partial charge in [-0.2, -0.15) is 0 Å². The predicted octanol–water partition coefficient (Wildman–Crippen LogP) is -0.424. The van der Waals surface area contributed by atoms with Crippen molar-refractivity contribution < 1.29 is 10.0 Å². The third-order valence-corrected chi connectivity index (χ3v) is 2.55. The van der Waals surface area contributed by atoms with Gasteiger partial charge >= 0.3 is 7.12 Å². The second-order valence-electron chi connectivity index (χ2n) is 3.78. The van der Waals surface area contributed by atoms with Crippen molar-refractivity contribution in [2.45, 2.75) is 6.54 Å². The highest BCUT2D eigenvalue weighted by Gasteiger charge is 2.14. The van der Waals surface area contributed by atoms with Gasteiger partial charge in [-0.1, -0.05) is 24.3 Å². The zero-order chi connectivity index (χ0) is 12.3. The number of nitrogens with zero attached hydrogens (tertiary/aromatic N) is 1. The van der Waals surface area contributed by atoms with Crippen LogP contribution in [-0.2, 0) is 6.54 Å². The lowest BCUT2D eigenvalue weighted by atomic mass is 9.77. The maximum atomic E-state index is 11.0. The predicted molar refractivity (Wildman–Crippen MR) is 66.1 cm³/mol. The Bertz CT molecular complexity index is 545.